The third-order valence-electron chi connectivity index (χ3n) is 2.72. The summed E-state index contributed by atoms with van der Waals surface area (Å²) in [5.74, 6) is 0. The molecule has 2 aromatic rings. The summed E-state index contributed by atoms with van der Waals surface area (Å²) in [7, 11) is 0. The fourth-order valence-electron chi connectivity index (χ4n) is 1.71. The van der Waals surface area contributed by atoms with Gasteiger partial charge in [0.2, 0.25) is 0 Å². The molecule has 0 fully saturated rings. The molecule has 1 heterocycles. The van der Waals surface area contributed by atoms with E-state index in [-0.39, 0.29) is 12.1 Å². The largest absolute Gasteiger partial charge is 0.443 e. The lowest BCUT2D eigenvalue weighted by Gasteiger charge is -2.13. The molecule has 0 aliphatic heterocycles. The van der Waals surface area contributed by atoms with Gasteiger partial charge >= 0.3 is 0 Å². The maximum absolute atomic E-state index is 6.09. The minimum atomic E-state index is 0.0144. The van der Waals surface area contributed by atoms with Crippen LogP contribution in [0, 0.1) is 0 Å². The summed E-state index contributed by atoms with van der Waals surface area (Å²) in [4.78, 5) is 4.07. The van der Waals surface area contributed by atoms with Crippen molar-refractivity contribution in [1.29, 1.82) is 0 Å². The van der Waals surface area contributed by atoms with Crippen molar-refractivity contribution in [2.75, 3.05) is 0 Å². The van der Waals surface area contributed by atoms with Gasteiger partial charge in [0.1, 0.15) is 5.52 Å². The highest BCUT2D eigenvalue weighted by atomic mass is 16.3. The highest BCUT2D eigenvalue weighted by Gasteiger charge is 2.09. The Morgan fingerprint density at radius 2 is 2.12 bits per heavy atom. The second-order valence-corrected chi connectivity index (χ2v) is 4.24. The maximum Gasteiger partial charge on any atom is 0.181 e. The van der Waals surface area contributed by atoms with Crippen molar-refractivity contribution in [3.05, 3.63) is 30.2 Å². The minimum absolute atomic E-state index is 0.0144. The van der Waals surface area contributed by atoms with Gasteiger partial charge in [0.25, 0.3) is 0 Å². The average Bonchev–Trinajstić information content (AvgIpc) is 2.72. The molecule has 0 amide bonds. The van der Waals surface area contributed by atoms with Gasteiger partial charge in [-0.1, -0.05) is 6.07 Å². The number of fused-ring (bicyclic) bond motifs is 1. The van der Waals surface area contributed by atoms with Crippen molar-refractivity contribution in [3.8, 4) is 0 Å². The van der Waals surface area contributed by atoms with Crippen LogP contribution in [0.5, 0.6) is 0 Å². The standard InChI is InChI=1S/C12H17N3O/c1-8(13)2-4-10(14)9-3-5-11-12(6-9)16-7-15-11/h3,5-8,10H,2,4,13-14H2,1H3. The van der Waals surface area contributed by atoms with Crippen LogP contribution < -0.4 is 11.5 Å². The molecule has 2 atom stereocenters. The van der Waals surface area contributed by atoms with Crippen molar-refractivity contribution in [2.45, 2.75) is 31.8 Å². The van der Waals surface area contributed by atoms with Gasteiger partial charge in [-0.15, -0.1) is 0 Å². The van der Waals surface area contributed by atoms with Gasteiger partial charge < -0.3 is 15.9 Å². The van der Waals surface area contributed by atoms with Crippen LogP contribution in [0.3, 0.4) is 0 Å². The molecule has 86 valence electrons. The number of aromatic nitrogens is 1. The summed E-state index contributed by atoms with van der Waals surface area (Å²) in [6.45, 7) is 1.99. The first-order valence-corrected chi connectivity index (χ1v) is 5.51. The quantitative estimate of drug-likeness (QED) is 0.823. The van der Waals surface area contributed by atoms with Gasteiger partial charge in [-0.25, -0.2) is 4.98 Å². The highest BCUT2D eigenvalue weighted by Crippen LogP contribution is 2.21. The van der Waals surface area contributed by atoms with E-state index in [0.717, 1.165) is 29.5 Å². The Morgan fingerprint density at radius 3 is 2.88 bits per heavy atom. The molecular formula is C12H17N3O. The number of rotatable bonds is 4. The van der Waals surface area contributed by atoms with Crippen LogP contribution in [0.2, 0.25) is 0 Å². The lowest BCUT2D eigenvalue weighted by Crippen LogP contribution is -2.18. The molecule has 0 radical (unpaired) electrons. The molecule has 2 rings (SSSR count). The van der Waals surface area contributed by atoms with Crippen LogP contribution in [-0.4, -0.2) is 11.0 Å². The first-order valence-electron chi connectivity index (χ1n) is 5.51. The summed E-state index contributed by atoms with van der Waals surface area (Å²) in [5, 5.41) is 0. The molecule has 4 nitrogen and oxygen atoms in total. The number of hydrogen-bond donors (Lipinski definition) is 2. The van der Waals surface area contributed by atoms with E-state index in [4.69, 9.17) is 15.9 Å². The summed E-state index contributed by atoms with van der Waals surface area (Å²) >= 11 is 0. The first kappa shape index (κ1) is 11.1. The van der Waals surface area contributed by atoms with E-state index in [1.165, 1.54) is 6.39 Å². The van der Waals surface area contributed by atoms with Crippen LogP contribution in [-0.2, 0) is 0 Å². The third kappa shape index (κ3) is 2.40. The fourth-order valence-corrected chi connectivity index (χ4v) is 1.71. The van der Waals surface area contributed by atoms with Crippen molar-refractivity contribution < 1.29 is 4.42 Å². The van der Waals surface area contributed by atoms with E-state index in [1.807, 2.05) is 25.1 Å². The monoisotopic (exact) mass is 219 g/mol. The Kier molecular flexibility index (Phi) is 3.22. The fraction of sp³-hybridized carbons (Fsp3) is 0.417. The molecule has 0 aliphatic carbocycles. The zero-order chi connectivity index (χ0) is 11.5. The Morgan fingerprint density at radius 1 is 1.31 bits per heavy atom. The molecule has 4 N–H and O–H groups in total. The maximum atomic E-state index is 6.09. The van der Waals surface area contributed by atoms with Gasteiger partial charge in [-0.05, 0) is 37.5 Å². The summed E-state index contributed by atoms with van der Waals surface area (Å²) in [5.41, 5.74) is 14.5. The average molecular weight is 219 g/mol. The van der Waals surface area contributed by atoms with Gasteiger partial charge in [0.05, 0.1) is 0 Å². The molecule has 0 saturated carbocycles. The number of nitrogens with two attached hydrogens (primary N) is 2. The van der Waals surface area contributed by atoms with Gasteiger partial charge in [-0.3, -0.25) is 0 Å². The van der Waals surface area contributed by atoms with Crippen LogP contribution in [0.4, 0.5) is 0 Å². The molecule has 0 bridgehead atoms. The molecule has 2 unspecified atom stereocenters. The zero-order valence-corrected chi connectivity index (χ0v) is 9.39. The lowest BCUT2D eigenvalue weighted by molar-refractivity contribution is 0.553. The molecule has 0 spiro atoms. The highest BCUT2D eigenvalue weighted by molar-refractivity contribution is 5.72. The molecule has 16 heavy (non-hydrogen) atoms. The van der Waals surface area contributed by atoms with Crippen molar-refractivity contribution >= 4 is 11.1 Å². The van der Waals surface area contributed by atoms with Crippen LogP contribution in [0.1, 0.15) is 31.4 Å². The third-order valence-corrected chi connectivity index (χ3v) is 2.72. The SMILES string of the molecule is CC(N)CCC(N)c1ccc2ncoc2c1. The van der Waals surface area contributed by atoms with Crippen LogP contribution in [0.25, 0.3) is 11.1 Å². The second kappa shape index (κ2) is 4.63. The second-order valence-electron chi connectivity index (χ2n) is 4.24. The predicted octanol–water partition coefficient (Wildman–Crippen LogP) is 1.95. The van der Waals surface area contributed by atoms with Crippen molar-refractivity contribution in [2.24, 2.45) is 11.5 Å². The zero-order valence-electron chi connectivity index (χ0n) is 9.39. The predicted molar refractivity (Wildman–Crippen MR) is 63.8 cm³/mol. The summed E-state index contributed by atoms with van der Waals surface area (Å²) in [6.07, 6.45) is 3.26. The Bertz CT molecular complexity index is 464. The number of hydrogen-bond acceptors (Lipinski definition) is 4. The van der Waals surface area contributed by atoms with Gasteiger partial charge in [0, 0.05) is 12.1 Å². The van der Waals surface area contributed by atoms with Crippen LogP contribution in [0.15, 0.2) is 29.0 Å². The summed E-state index contributed by atoms with van der Waals surface area (Å²) < 4.78 is 5.24. The molecule has 0 saturated heterocycles. The molecule has 1 aromatic heterocycles. The molecule has 0 aliphatic rings. The van der Waals surface area contributed by atoms with E-state index >= 15 is 0 Å². The Balaban J connectivity index is 2.12. The molecule has 4 heteroatoms. The Labute approximate surface area is 94.6 Å². The lowest BCUT2D eigenvalue weighted by atomic mass is 10.0. The van der Waals surface area contributed by atoms with E-state index in [1.54, 1.807) is 0 Å². The van der Waals surface area contributed by atoms with Gasteiger partial charge in [0.15, 0.2) is 12.0 Å². The Hall–Kier alpha value is -1.39. The van der Waals surface area contributed by atoms with Crippen molar-refractivity contribution in [3.63, 3.8) is 0 Å². The van der Waals surface area contributed by atoms with Gasteiger partial charge in [-0.2, -0.15) is 0 Å². The smallest absolute Gasteiger partial charge is 0.181 e. The van der Waals surface area contributed by atoms with E-state index in [0.29, 0.717) is 0 Å². The molecule has 1 aromatic carbocycles. The van der Waals surface area contributed by atoms with E-state index in [2.05, 4.69) is 4.98 Å². The summed E-state index contributed by atoms with van der Waals surface area (Å²) in [6, 6.07) is 6.09. The topological polar surface area (TPSA) is 78.1 Å². The number of benzene rings is 1. The van der Waals surface area contributed by atoms with E-state index < -0.39 is 0 Å². The normalized spacial score (nSPS) is 15.2. The van der Waals surface area contributed by atoms with Crippen molar-refractivity contribution in [1.82, 2.24) is 4.98 Å². The minimum Gasteiger partial charge on any atom is -0.443 e. The van der Waals surface area contributed by atoms with E-state index in [9.17, 15) is 0 Å². The number of oxazole rings is 1. The first-order chi connectivity index (χ1) is 7.66. The van der Waals surface area contributed by atoms with Crippen LogP contribution >= 0.6 is 0 Å². The number of nitrogens with zero attached hydrogens (tertiary/aromatic N) is 1. The molecular weight excluding hydrogens is 202 g/mol.